The second-order valence-electron chi connectivity index (χ2n) is 14.3. The SMILES string of the molecule is COc1ccc(/C(=C\C=C\c2ccc(N(c3ccc(/C=C/C=C(/c4ccc(C)cc4)c4ccc(OC)cc4)cc3)c3ccc(OC)cc3)cc2)c2ccc(C)cc2)cc1. The van der Waals surface area contributed by atoms with Crippen molar-refractivity contribution in [3.8, 4) is 17.2 Å². The molecule has 292 valence electrons. The van der Waals surface area contributed by atoms with Gasteiger partial charge in [-0.05, 0) is 131 Å². The van der Waals surface area contributed by atoms with Crippen LogP contribution in [0.15, 0.2) is 194 Å². The van der Waals surface area contributed by atoms with Crippen molar-refractivity contribution in [1.82, 2.24) is 0 Å². The summed E-state index contributed by atoms with van der Waals surface area (Å²) in [5.74, 6) is 2.49. The summed E-state index contributed by atoms with van der Waals surface area (Å²) in [5.41, 5.74) is 14.7. The lowest BCUT2D eigenvalue weighted by molar-refractivity contribution is 0.414. The Kier molecular flexibility index (Phi) is 13.0. The highest BCUT2D eigenvalue weighted by Gasteiger charge is 2.13. The van der Waals surface area contributed by atoms with E-state index in [1.807, 2.05) is 36.4 Å². The molecule has 0 amide bonds. The fraction of sp³-hybridized carbons (Fsp3) is 0.0909. The number of allylic oxidation sites excluding steroid dienone is 4. The number of anilines is 3. The van der Waals surface area contributed by atoms with Crippen LogP contribution in [-0.4, -0.2) is 21.3 Å². The lowest BCUT2D eigenvalue weighted by Gasteiger charge is -2.26. The predicted molar refractivity (Wildman–Crippen MR) is 248 cm³/mol. The predicted octanol–water partition coefficient (Wildman–Crippen LogP) is 14.1. The van der Waals surface area contributed by atoms with E-state index in [0.29, 0.717) is 0 Å². The van der Waals surface area contributed by atoms with Crippen molar-refractivity contribution < 1.29 is 14.2 Å². The van der Waals surface area contributed by atoms with Crippen LogP contribution in [0.4, 0.5) is 17.1 Å². The van der Waals surface area contributed by atoms with E-state index in [1.165, 1.54) is 11.1 Å². The first kappa shape index (κ1) is 39.9. The number of methoxy groups -OCH3 is 3. The number of aryl methyl sites for hydroxylation is 2. The van der Waals surface area contributed by atoms with Gasteiger partial charge in [0.05, 0.1) is 21.3 Å². The second kappa shape index (κ2) is 19.2. The Labute approximate surface area is 349 Å². The van der Waals surface area contributed by atoms with Crippen LogP contribution in [0.3, 0.4) is 0 Å². The lowest BCUT2D eigenvalue weighted by Crippen LogP contribution is -2.09. The molecule has 4 heteroatoms. The van der Waals surface area contributed by atoms with Crippen LogP contribution in [-0.2, 0) is 0 Å². The molecule has 7 rings (SSSR count). The summed E-state index contributed by atoms with van der Waals surface area (Å²) < 4.78 is 16.3. The number of hydrogen-bond acceptors (Lipinski definition) is 4. The van der Waals surface area contributed by atoms with Crippen molar-refractivity contribution in [3.05, 3.63) is 239 Å². The summed E-state index contributed by atoms with van der Waals surface area (Å²) >= 11 is 0. The van der Waals surface area contributed by atoms with Gasteiger partial charge in [-0.15, -0.1) is 0 Å². The molecule has 0 aliphatic carbocycles. The molecule has 0 radical (unpaired) electrons. The van der Waals surface area contributed by atoms with E-state index >= 15 is 0 Å². The number of nitrogens with zero attached hydrogens (tertiary/aromatic N) is 1. The van der Waals surface area contributed by atoms with E-state index in [4.69, 9.17) is 14.2 Å². The van der Waals surface area contributed by atoms with E-state index in [-0.39, 0.29) is 0 Å². The molecule has 0 fully saturated rings. The average molecular weight is 772 g/mol. The monoisotopic (exact) mass is 771 g/mol. The van der Waals surface area contributed by atoms with Crippen LogP contribution in [0.2, 0.25) is 0 Å². The number of rotatable bonds is 14. The molecular weight excluding hydrogens is 723 g/mol. The molecule has 7 aromatic carbocycles. The summed E-state index contributed by atoms with van der Waals surface area (Å²) in [5, 5.41) is 0. The van der Waals surface area contributed by atoms with Crippen molar-refractivity contribution in [2.75, 3.05) is 26.2 Å². The number of ether oxygens (including phenoxy) is 3. The van der Waals surface area contributed by atoms with Gasteiger partial charge in [0.1, 0.15) is 17.2 Å². The van der Waals surface area contributed by atoms with Crippen molar-refractivity contribution in [2.24, 2.45) is 0 Å². The topological polar surface area (TPSA) is 30.9 Å². The minimum atomic E-state index is 0.815. The van der Waals surface area contributed by atoms with Crippen molar-refractivity contribution in [2.45, 2.75) is 13.8 Å². The quantitative estimate of drug-likeness (QED) is 0.103. The minimum Gasteiger partial charge on any atom is -0.497 e. The maximum absolute atomic E-state index is 5.49. The summed E-state index contributed by atoms with van der Waals surface area (Å²) in [7, 11) is 5.08. The van der Waals surface area contributed by atoms with E-state index in [2.05, 4.69) is 189 Å². The standard InChI is InChI=1S/C55H49NO3/c1-40-12-20-44(21-13-40)54(46-24-34-51(57-3)35-25-46)10-6-8-42-16-28-48(29-17-42)56(50-32-38-53(59-5)39-33-50)49-30-18-43(19-31-49)9-7-11-55(45-22-14-41(2)15-23-45)47-26-36-52(58-4)37-27-47/h6-39H,1-5H3/b8-6+,9-7+,54-10-,55-11-. The largest absolute Gasteiger partial charge is 0.497 e. The van der Waals surface area contributed by atoms with Gasteiger partial charge in [0.2, 0.25) is 0 Å². The molecule has 0 aliphatic rings. The van der Waals surface area contributed by atoms with Gasteiger partial charge in [-0.2, -0.15) is 0 Å². The third kappa shape index (κ3) is 10.2. The van der Waals surface area contributed by atoms with Crippen LogP contribution in [0.5, 0.6) is 17.2 Å². The van der Waals surface area contributed by atoms with Crippen molar-refractivity contribution >= 4 is 40.4 Å². The fourth-order valence-electron chi connectivity index (χ4n) is 6.88. The molecule has 0 saturated heterocycles. The molecule has 0 aliphatic heterocycles. The molecule has 0 spiro atoms. The van der Waals surface area contributed by atoms with Crippen molar-refractivity contribution in [3.63, 3.8) is 0 Å². The zero-order valence-corrected chi connectivity index (χ0v) is 34.3. The first-order valence-electron chi connectivity index (χ1n) is 19.7. The van der Waals surface area contributed by atoms with Gasteiger partial charge in [-0.3, -0.25) is 0 Å². The summed E-state index contributed by atoms with van der Waals surface area (Å²) in [6.07, 6.45) is 12.9. The normalized spacial score (nSPS) is 11.9. The van der Waals surface area contributed by atoms with E-state index in [1.54, 1.807) is 21.3 Å². The van der Waals surface area contributed by atoms with Gasteiger partial charge in [-0.1, -0.05) is 145 Å². The Morgan fingerprint density at radius 1 is 0.356 bits per heavy atom. The van der Waals surface area contributed by atoms with Gasteiger partial charge in [-0.25, -0.2) is 0 Å². The van der Waals surface area contributed by atoms with Gasteiger partial charge >= 0.3 is 0 Å². The molecule has 0 bridgehead atoms. The lowest BCUT2D eigenvalue weighted by atomic mass is 9.96. The Bertz CT molecular complexity index is 2380. The molecule has 0 heterocycles. The maximum Gasteiger partial charge on any atom is 0.119 e. The van der Waals surface area contributed by atoms with E-state index in [0.717, 1.165) is 78.8 Å². The summed E-state index contributed by atoms with van der Waals surface area (Å²) in [4.78, 5) is 2.26. The fourth-order valence-corrected chi connectivity index (χ4v) is 6.88. The number of hydrogen-bond donors (Lipinski definition) is 0. The van der Waals surface area contributed by atoms with Crippen molar-refractivity contribution in [1.29, 1.82) is 0 Å². The molecule has 59 heavy (non-hydrogen) atoms. The second-order valence-corrected chi connectivity index (χ2v) is 14.3. The zero-order chi connectivity index (χ0) is 41.0. The Morgan fingerprint density at radius 2 is 0.627 bits per heavy atom. The molecule has 4 nitrogen and oxygen atoms in total. The molecule has 0 saturated carbocycles. The highest BCUT2D eigenvalue weighted by Crippen LogP contribution is 2.36. The molecule has 0 aromatic heterocycles. The van der Waals surface area contributed by atoms with Gasteiger partial charge in [0, 0.05) is 17.1 Å². The van der Waals surface area contributed by atoms with Crippen LogP contribution >= 0.6 is 0 Å². The maximum atomic E-state index is 5.49. The highest BCUT2D eigenvalue weighted by molar-refractivity contribution is 5.83. The number of benzene rings is 7. The average Bonchev–Trinajstić information content (AvgIpc) is 3.29. The van der Waals surface area contributed by atoms with Gasteiger partial charge in [0.25, 0.3) is 0 Å². The Hall–Kier alpha value is -7.30. The van der Waals surface area contributed by atoms with E-state index < -0.39 is 0 Å². The first-order chi connectivity index (χ1) is 28.9. The third-order valence-corrected chi connectivity index (χ3v) is 10.3. The summed E-state index contributed by atoms with van der Waals surface area (Å²) in [6, 6.07) is 59.2. The first-order valence-corrected chi connectivity index (χ1v) is 19.7. The zero-order valence-electron chi connectivity index (χ0n) is 34.3. The van der Waals surface area contributed by atoms with Crippen LogP contribution in [0.25, 0.3) is 23.3 Å². The third-order valence-electron chi connectivity index (χ3n) is 10.3. The molecule has 0 atom stereocenters. The van der Waals surface area contributed by atoms with Gasteiger partial charge in [0.15, 0.2) is 0 Å². The molecule has 7 aromatic rings. The molecule has 0 unspecified atom stereocenters. The Morgan fingerprint density at radius 3 is 0.932 bits per heavy atom. The minimum absolute atomic E-state index is 0.815. The Balaban J connectivity index is 1.15. The van der Waals surface area contributed by atoms with Crippen LogP contribution in [0, 0.1) is 13.8 Å². The van der Waals surface area contributed by atoms with Gasteiger partial charge < -0.3 is 19.1 Å². The molecule has 0 N–H and O–H groups in total. The van der Waals surface area contributed by atoms with Crippen LogP contribution < -0.4 is 19.1 Å². The van der Waals surface area contributed by atoms with E-state index in [9.17, 15) is 0 Å². The summed E-state index contributed by atoms with van der Waals surface area (Å²) in [6.45, 7) is 4.22. The highest BCUT2D eigenvalue weighted by atomic mass is 16.5. The molecular formula is C55H49NO3. The van der Waals surface area contributed by atoms with Crippen LogP contribution in [0.1, 0.15) is 44.5 Å². The smallest absolute Gasteiger partial charge is 0.119 e.